The molecule has 170 valence electrons. The van der Waals surface area contributed by atoms with Gasteiger partial charge in [0.2, 0.25) is 0 Å². The molecule has 1 atom stereocenters. The molecule has 1 N–H and O–H groups in total. The van der Waals surface area contributed by atoms with E-state index in [0.717, 1.165) is 0 Å². The molecule has 10 nitrogen and oxygen atoms in total. The lowest BCUT2D eigenvalue weighted by Crippen LogP contribution is -2.29. The van der Waals surface area contributed by atoms with Crippen molar-refractivity contribution in [2.45, 2.75) is 13.0 Å². The number of carbonyl (C=O) groups excluding carboxylic acids is 2. The standard InChI is InChI=1S/C24H18N4O6/c1-2-33-24(30)14-8-10-16(11-9-14)27-22(15-5-3-6-17(13-15)28(31)32)19-20(18-7-4-12-34-18)25-26-21(19)23(27)29/h3-13,22H,2H2,1H3,(H,25,26)/t22-/m1/s1. The molecule has 2 aromatic carbocycles. The quantitative estimate of drug-likeness (QED) is 0.255. The number of nitro benzene ring substituents is 1. The van der Waals surface area contributed by atoms with Crippen LogP contribution in [0.15, 0.2) is 71.3 Å². The van der Waals surface area contributed by atoms with Gasteiger partial charge in [-0.15, -0.1) is 0 Å². The third kappa shape index (κ3) is 3.41. The van der Waals surface area contributed by atoms with Crippen LogP contribution >= 0.6 is 0 Å². The van der Waals surface area contributed by atoms with E-state index in [0.29, 0.717) is 33.8 Å². The first-order valence-electron chi connectivity index (χ1n) is 10.5. The number of nitrogens with one attached hydrogen (secondary N) is 1. The number of rotatable bonds is 6. The maximum Gasteiger partial charge on any atom is 0.338 e. The van der Waals surface area contributed by atoms with Gasteiger partial charge in [-0.3, -0.25) is 24.9 Å². The molecule has 0 saturated carbocycles. The van der Waals surface area contributed by atoms with Crippen LogP contribution in [0, 0.1) is 10.1 Å². The van der Waals surface area contributed by atoms with Crippen LogP contribution in [-0.4, -0.2) is 33.6 Å². The highest BCUT2D eigenvalue weighted by Crippen LogP contribution is 2.45. The number of amides is 1. The number of esters is 1. The van der Waals surface area contributed by atoms with E-state index in [1.165, 1.54) is 23.3 Å². The minimum Gasteiger partial charge on any atom is -0.463 e. The Kier molecular flexibility index (Phi) is 5.17. The van der Waals surface area contributed by atoms with E-state index in [9.17, 15) is 19.7 Å². The van der Waals surface area contributed by atoms with Crippen LogP contribution in [-0.2, 0) is 4.74 Å². The molecular weight excluding hydrogens is 440 g/mol. The number of H-pyrrole nitrogens is 1. The van der Waals surface area contributed by atoms with Gasteiger partial charge in [-0.1, -0.05) is 12.1 Å². The van der Waals surface area contributed by atoms with Crippen LogP contribution < -0.4 is 4.90 Å². The Morgan fingerprint density at radius 1 is 1.21 bits per heavy atom. The number of aromatic nitrogens is 2. The maximum absolute atomic E-state index is 13.5. The number of aromatic amines is 1. The van der Waals surface area contributed by atoms with Crippen molar-refractivity contribution in [2.24, 2.45) is 0 Å². The predicted molar refractivity (Wildman–Crippen MR) is 120 cm³/mol. The van der Waals surface area contributed by atoms with Crippen LogP contribution in [0.5, 0.6) is 0 Å². The molecule has 1 aliphatic heterocycles. The van der Waals surface area contributed by atoms with Crippen LogP contribution in [0.2, 0.25) is 0 Å². The Balaban J connectivity index is 1.65. The summed E-state index contributed by atoms with van der Waals surface area (Å²) in [5, 5.41) is 18.5. The highest BCUT2D eigenvalue weighted by Gasteiger charge is 2.44. The molecule has 0 bridgehead atoms. The number of hydrogen-bond acceptors (Lipinski definition) is 7. The number of furan rings is 1. The van der Waals surface area contributed by atoms with Gasteiger partial charge in [-0.05, 0) is 48.9 Å². The van der Waals surface area contributed by atoms with Crippen LogP contribution in [0.1, 0.15) is 44.9 Å². The molecule has 0 unspecified atom stereocenters. The normalized spacial score (nSPS) is 14.8. The zero-order valence-corrected chi connectivity index (χ0v) is 17.9. The minimum absolute atomic E-state index is 0.0981. The highest BCUT2D eigenvalue weighted by atomic mass is 16.6. The molecule has 10 heteroatoms. The first-order valence-corrected chi connectivity index (χ1v) is 10.5. The number of non-ortho nitro benzene ring substituents is 1. The number of ether oxygens (including phenoxy) is 1. The zero-order valence-electron chi connectivity index (χ0n) is 17.9. The molecule has 3 heterocycles. The molecule has 1 aliphatic rings. The number of benzene rings is 2. The molecule has 0 radical (unpaired) electrons. The van der Waals surface area contributed by atoms with Crippen molar-refractivity contribution in [3.05, 3.63) is 99.4 Å². The molecule has 0 aliphatic carbocycles. The summed E-state index contributed by atoms with van der Waals surface area (Å²) in [5.74, 6) is -0.369. The van der Waals surface area contributed by atoms with Gasteiger partial charge in [0.05, 0.1) is 29.4 Å². The number of fused-ring (bicyclic) bond motifs is 1. The molecular formula is C24H18N4O6. The molecule has 34 heavy (non-hydrogen) atoms. The molecule has 4 aromatic rings. The summed E-state index contributed by atoms with van der Waals surface area (Å²) in [5.41, 5.74) is 2.53. The van der Waals surface area contributed by atoms with E-state index in [1.807, 2.05) is 0 Å². The first-order chi connectivity index (χ1) is 16.5. The Hall–Kier alpha value is -4.73. The fourth-order valence-corrected chi connectivity index (χ4v) is 4.11. The van der Waals surface area contributed by atoms with Gasteiger partial charge in [0.25, 0.3) is 11.6 Å². The van der Waals surface area contributed by atoms with Crippen molar-refractivity contribution < 1.29 is 23.7 Å². The Morgan fingerprint density at radius 3 is 2.68 bits per heavy atom. The van der Waals surface area contributed by atoms with Crippen molar-refractivity contribution in [1.29, 1.82) is 0 Å². The monoisotopic (exact) mass is 458 g/mol. The first kappa shape index (κ1) is 21.1. The van der Waals surface area contributed by atoms with Crippen molar-refractivity contribution >= 4 is 23.3 Å². The summed E-state index contributed by atoms with van der Waals surface area (Å²) < 4.78 is 10.6. The lowest BCUT2D eigenvalue weighted by atomic mass is 9.97. The number of nitro groups is 1. The van der Waals surface area contributed by atoms with Gasteiger partial charge in [0, 0.05) is 23.4 Å². The molecule has 5 rings (SSSR count). The maximum atomic E-state index is 13.5. The second kappa shape index (κ2) is 8.32. The topological polar surface area (TPSA) is 132 Å². The minimum atomic E-state index is -0.713. The van der Waals surface area contributed by atoms with Gasteiger partial charge in [-0.2, -0.15) is 5.10 Å². The molecule has 0 spiro atoms. The Bertz CT molecular complexity index is 1390. The van der Waals surface area contributed by atoms with E-state index in [-0.39, 0.29) is 23.9 Å². The van der Waals surface area contributed by atoms with Gasteiger partial charge in [0.15, 0.2) is 11.5 Å². The Morgan fingerprint density at radius 2 is 2.00 bits per heavy atom. The van der Waals surface area contributed by atoms with Crippen molar-refractivity contribution in [2.75, 3.05) is 11.5 Å². The largest absolute Gasteiger partial charge is 0.463 e. The van der Waals surface area contributed by atoms with Gasteiger partial charge in [-0.25, -0.2) is 4.79 Å². The average Bonchev–Trinajstić information content (AvgIpc) is 3.57. The second-order valence-corrected chi connectivity index (χ2v) is 7.54. The smallest absolute Gasteiger partial charge is 0.338 e. The summed E-state index contributed by atoms with van der Waals surface area (Å²) in [6.45, 7) is 1.97. The lowest BCUT2D eigenvalue weighted by Gasteiger charge is -2.26. The number of hydrogen-bond donors (Lipinski definition) is 1. The zero-order chi connectivity index (χ0) is 23.8. The fraction of sp³-hybridized carbons (Fsp3) is 0.125. The predicted octanol–water partition coefficient (Wildman–Crippen LogP) is 4.50. The van der Waals surface area contributed by atoms with Crippen LogP contribution in [0.3, 0.4) is 0 Å². The second-order valence-electron chi connectivity index (χ2n) is 7.54. The average molecular weight is 458 g/mol. The SMILES string of the molecule is CCOC(=O)c1ccc(N2C(=O)c3n[nH]c(-c4ccco4)c3[C@H]2c2cccc([N+](=O)[O-])c2)cc1. The third-order valence-electron chi connectivity index (χ3n) is 5.58. The third-order valence-corrected chi connectivity index (χ3v) is 5.58. The molecule has 0 fully saturated rings. The summed E-state index contributed by atoms with van der Waals surface area (Å²) in [7, 11) is 0. The lowest BCUT2D eigenvalue weighted by molar-refractivity contribution is -0.384. The summed E-state index contributed by atoms with van der Waals surface area (Å²) in [4.78, 5) is 38.0. The van der Waals surface area contributed by atoms with Gasteiger partial charge >= 0.3 is 5.97 Å². The van der Waals surface area contributed by atoms with E-state index in [4.69, 9.17) is 9.15 Å². The van der Waals surface area contributed by atoms with Gasteiger partial charge < -0.3 is 9.15 Å². The summed E-state index contributed by atoms with van der Waals surface area (Å²) in [6.07, 6.45) is 1.51. The molecule has 2 aromatic heterocycles. The molecule has 1 amide bonds. The van der Waals surface area contributed by atoms with E-state index < -0.39 is 16.9 Å². The Labute approximate surface area is 192 Å². The number of carbonyl (C=O) groups is 2. The fourth-order valence-electron chi connectivity index (χ4n) is 4.11. The van der Waals surface area contributed by atoms with Crippen LogP contribution in [0.25, 0.3) is 11.5 Å². The van der Waals surface area contributed by atoms with E-state index in [2.05, 4.69) is 10.2 Å². The number of nitrogens with zero attached hydrogens (tertiary/aromatic N) is 3. The summed E-state index contributed by atoms with van der Waals surface area (Å²) >= 11 is 0. The van der Waals surface area contributed by atoms with E-state index >= 15 is 0 Å². The van der Waals surface area contributed by atoms with Crippen LogP contribution in [0.4, 0.5) is 11.4 Å². The summed E-state index contributed by atoms with van der Waals surface area (Å²) in [6, 6.07) is 15.3. The van der Waals surface area contributed by atoms with E-state index in [1.54, 1.807) is 55.5 Å². The van der Waals surface area contributed by atoms with Crippen molar-refractivity contribution in [1.82, 2.24) is 10.2 Å². The molecule has 0 saturated heterocycles. The highest BCUT2D eigenvalue weighted by molar-refractivity contribution is 6.11. The van der Waals surface area contributed by atoms with Gasteiger partial charge in [0.1, 0.15) is 5.69 Å². The van der Waals surface area contributed by atoms with Crippen molar-refractivity contribution in [3.8, 4) is 11.5 Å². The number of anilines is 1. The van der Waals surface area contributed by atoms with Crippen molar-refractivity contribution in [3.63, 3.8) is 0 Å².